The molecule has 0 aliphatic rings. The molecule has 0 aliphatic carbocycles. The summed E-state index contributed by atoms with van der Waals surface area (Å²) < 4.78 is 28.8. The number of sulfonamides is 1. The molecule has 7 N–H and O–H groups in total. The molecular formula is C13H21N3O8S. The van der Waals surface area contributed by atoms with Crippen LogP contribution in [0.5, 0.6) is 0 Å². The molecule has 0 radical (unpaired) electrons. The largest absolute Gasteiger partial charge is 0.481 e. The minimum atomic E-state index is -3.87. The molecule has 0 saturated carbocycles. The summed E-state index contributed by atoms with van der Waals surface area (Å²) in [5, 5.41) is 15.1. The number of anilines is 1. The zero-order valence-electron chi connectivity index (χ0n) is 13.6. The molecule has 0 unspecified atom stereocenters. The summed E-state index contributed by atoms with van der Waals surface area (Å²) in [7, 11) is -2.79. The van der Waals surface area contributed by atoms with Gasteiger partial charge in [-0.05, 0) is 30.7 Å². The monoisotopic (exact) mass is 379 g/mol. The first-order valence-corrected chi connectivity index (χ1v) is 8.11. The van der Waals surface area contributed by atoms with Crippen molar-refractivity contribution >= 4 is 33.9 Å². The lowest BCUT2D eigenvalue weighted by atomic mass is 10.3. The highest BCUT2D eigenvalue weighted by Crippen LogP contribution is 2.11. The Kier molecular flexibility index (Phi) is 12.0. The van der Waals surface area contributed by atoms with Gasteiger partial charge in [0.05, 0.1) is 12.0 Å². The molecule has 0 atom stereocenters. The Hall–Kier alpha value is -3.02. The maximum absolute atomic E-state index is 11.5. The van der Waals surface area contributed by atoms with E-state index in [1.165, 1.54) is 24.3 Å². The highest BCUT2D eigenvalue weighted by molar-refractivity contribution is 7.90. The van der Waals surface area contributed by atoms with Crippen LogP contribution in [0.25, 0.3) is 0 Å². The molecule has 25 heavy (non-hydrogen) atoms. The number of primary amides is 1. The Bertz CT molecular complexity index is 654. The van der Waals surface area contributed by atoms with E-state index in [2.05, 4.69) is 10.5 Å². The molecule has 1 aromatic rings. The Morgan fingerprint density at radius 3 is 1.88 bits per heavy atom. The van der Waals surface area contributed by atoms with Crippen molar-refractivity contribution in [3.05, 3.63) is 24.3 Å². The van der Waals surface area contributed by atoms with Crippen LogP contribution in [-0.4, -0.2) is 43.9 Å². The van der Waals surface area contributed by atoms with Crippen molar-refractivity contribution in [3.63, 3.8) is 0 Å². The standard InChI is InChI=1S/C8H10N2O4S.C4H8O2.CH3NO2/c1-14-8(11)10-15(12,13)7-4-2-6(9)3-5-7;1-2-3-4(5)6;2-1(3)4/h2-5H,9H2,1H3,(H,10,11);2-3H2,1H3,(H,5,6);2H2,(H,3,4). The van der Waals surface area contributed by atoms with E-state index in [1.807, 2.05) is 6.92 Å². The number of amides is 2. The Balaban J connectivity index is 0. The number of carboxylic acids is 1. The first-order valence-electron chi connectivity index (χ1n) is 6.62. The van der Waals surface area contributed by atoms with E-state index in [9.17, 15) is 18.0 Å². The van der Waals surface area contributed by atoms with Crippen molar-refractivity contribution in [2.45, 2.75) is 24.7 Å². The number of benzene rings is 1. The van der Waals surface area contributed by atoms with Gasteiger partial charge in [0, 0.05) is 12.1 Å². The minimum Gasteiger partial charge on any atom is -0.481 e. The third-order valence-corrected chi connectivity index (χ3v) is 3.39. The van der Waals surface area contributed by atoms with Gasteiger partial charge in [-0.2, -0.15) is 0 Å². The zero-order valence-corrected chi connectivity index (χ0v) is 14.4. The number of hydrogen-bond donors (Lipinski definition) is 5. The fourth-order valence-corrected chi connectivity index (χ4v) is 1.99. The molecule has 142 valence electrons. The van der Waals surface area contributed by atoms with Gasteiger partial charge in [-0.25, -0.2) is 22.7 Å². The van der Waals surface area contributed by atoms with Gasteiger partial charge < -0.3 is 26.4 Å². The number of methoxy groups -OCH3 is 1. The zero-order chi connectivity index (χ0) is 20.0. The predicted molar refractivity (Wildman–Crippen MR) is 88.3 cm³/mol. The number of ether oxygens (including phenoxy) is 1. The van der Waals surface area contributed by atoms with Crippen LogP contribution in [0.3, 0.4) is 0 Å². The Labute approximate surface area is 144 Å². The van der Waals surface area contributed by atoms with Crippen LogP contribution < -0.4 is 16.2 Å². The van der Waals surface area contributed by atoms with Gasteiger partial charge in [-0.15, -0.1) is 0 Å². The summed E-state index contributed by atoms with van der Waals surface area (Å²) in [6.07, 6.45) is -1.35. The number of nitrogen functional groups attached to an aromatic ring is 1. The number of carbonyl (C=O) groups is 3. The average Bonchev–Trinajstić information content (AvgIpc) is 2.47. The number of carboxylic acid groups (broad SMARTS) is 2. The maximum atomic E-state index is 11.5. The SMILES string of the molecule is CCCC(=O)O.COC(=O)NS(=O)(=O)c1ccc(N)cc1.NC(=O)O. The number of nitrogens with two attached hydrogens (primary N) is 2. The molecule has 0 spiro atoms. The van der Waals surface area contributed by atoms with Crippen molar-refractivity contribution in [1.82, 2.24) is 4.72 Å². The number of hydrogen-bond acceptors (Lipinski definition) is 7. The second-order valence-corrected chi connectivity index (χ2v) is 5.83. The van der Waals surface area contributed by atoms with E-state index in [0.717, 1.165) is 13.5 Å². The third-order valence-electron chi connectivity index (χ3n) is 2.06. The van der Waals surface area contributed by atoms with Crippen LogP contribution in [0.15, 0.2) is 29.2 Å². The van der Waals surface area contributed by atoms with Crippen LogP contribution in [-0.2, 0) is 19.6 Å². The fourth-order valence-electron chi connectivity index (χ4n) is 1.07. The van der Waals surface area contributed by atoms with E-state index in [-0.39, 0.29) is 4.90 Å². The van der Waals surface area contributed by atoms with Gasteiger partial charge in [-0.3, -0.25) is 4.79 Å². The molecule has 2 amide bonds. The lowest BCUT2D eigenvalue weighted by Crippen LogP contribution is -2.30. The number of carbonyl (C=O) groups excluding carboxylic acids is 1. The summed E-state index contributed by atoms with van der Waals surface area (Å²) in [5.74, 6) is -0.711. The van der Waals surface area contributed by atoms with Gasteiger partial charge in [0.25, 0.3) is 10.0 Å². The van der Waals surface area contributed by atoms with Gasteiger partial charge in [0.15, 0.2) is 0 Å². The van der Waals surface area contributed by atoms with Crippen LogP contribution in [0.2, 0.25) is 0 Å². The van der Waals surface area contributed by atoms with Crippen molar-refractivity contribution in [3.8, 4) is 0 Å². The van der Waals surface area contributed by atoms with E-state index in [0.29, 0.717) is 12.1 Å². The summed E-state index contributed by atoms with van der Waals surface area (Å²) in [5.41, 5.74) is 9.86. The summed E-state index contributed by atoms with van der Waals surface area (Å²) in [4.78, 5) is 29.1. The molecule has 1 rings (SSSR count). The second-order valence-electron chi connectivity index (χ2n) is 4.15. The first-order chi connectivity index (χ1) is 11.5. The van der Waals surface area contributed by atoms with Gasteiger partial charge in [-0.1, -0.05) is 6.92 Å². The lowest BCUT2D eigenvalue weighted by molar-refractivity contribution is -0.137. The summed E-state index contributed by atoms with van der Waals surface area (Å²) >= 11 is 0. The van der Waals surface area contributed by atoms with Crippen molar-refractivity contribution in [1.29, 1.82) is 0 Å². The van der Waals surface area contributed by atoms with Crippen molar-refractivity contribution < 1.29 is 37.8 Å². The summed E-state index contributed by atoms with van der Waals surface area (Å²) in [6.45, 7) is 1.84. The second kappa shape index (κ2) is 12.4. The molecule has 0 fully saturated rings. The molecule has 0 aliphatic heterocycles. The van der Waals surface area contributed by atoms with Gasteiger partial charge in [0.1, 0.15) is 0 Å². The van der Waals surface area contributed by atoms with Crippen LogP contribution in [0.1, 0.15) is 19.8 Å². The molecule has 0 aromatic heterocycles. The van der Waals surface area contributed by atoms with E-state index in [4.69, 9.17) is 20.7 Å². The maximum Gasteiger partial charge on any atom is 0.420 e. The lowest BCUT2D eigenvalue weighted by Gasteiger charge is -2.05. The van der Waals surface area contributed by atoms with Crippen molar-refractivity contribution in [2.24, 2.45) is 5.73 Å². The van der Waals surface area contributed by atoms with Crippen LogP contribution in [0.4, 0.5) is 15.3 Å². The molecular weight excluding hydrogens is 358 g/mol. The molecule has 12 heteroatoms. The van der Waals surface area contributed by atoms with Crippen LogP contribution >= 0.6 is 0 Å². The molecule has 0 heterocycles. The van der Waals surface area contributed by atoms with Gasteiger partial charge in [0.2, 0.25) is 0 Å². The number of aliphatic carboxylic acids is 1. The molecule has 1 aromatic carbocycles. The Morgan fingerprint density at radius 1 is 1.16 bits per heavy atom. The third kappa shape index (κ3) is 14.3. The number of rotatable bonds is 4. The van der Waals surface area contributed by atoms with Gasteiger partial charge >= 0.3 is 18.2 Å². The molecule has 11 nitrogen and oxygen atoms in total. The first kappa shape index (κ1) is 24.2. The predicted octanol–water partition coefficient (Wildman–Crippen LogP) is 0.808. The summed E-state index contributed by atoms with van der Waals surface area (Å²) in [6, 6.07) is 5.43. The molecule has 0 saturated heterocycles. The highest BCUT2D eigenvalue weighted by atomic mass is 32.2. The minimum absolute atomic E-state index is 0.0536. The Morgan fingerprint density at radius 2 is 1.60 bits per heavy atom. The highest BCUT2D eigenvalue weighted by Gasteiger charge is 2.17. The van der Waals surface area contributed by atoms with E-state index >= 15 is 0 Å². The van der Waals surface area contributed by atoms with E-state index in [1.54, 1.807) is 4.72 Å². The fraction of sp³-hybridized carbons (Fsp3) is 0.308. The van der Waals surface area contributed by atoms with Crippen molar-refractivity contribution in [2.75, 3.05) is 12.8 Å². The van der Waals surface area contributed by atoms with E-state index < -0.39 is 28.2 Å². The average molecular weight is 379 g/mol. The smallest absolute Gasteiger partial charge is 0.420 e. The quantitative estimate of drug-likeness (QED) is 0.469. The number of nitrogens with one attached hydrogen (secondary N) is 1. The molecule has 0 bridgehead atoms. The topological polar surface area (TPSA) is 199 Å². The normalized spacial score (nSPS) is 9.36. The van der Waals surface area contributed by atoms with Crippen LogP contribution in [0, 0.1) is 0 Å².